The average molecular weight is 425 g/mol. The summed E-state index contributed by atoms with van der Waals surface area (Å²) in [6, 6.07) is 1.89. The van der Waals surface area contributed by atoms with Crippen LogP contribution in [0.4, 0.5) is 0 Å². The van der Waals surface area contributed by atoms with Gasteiger partial charge in [-0.25, -0.2) is 8.42 Å². The van der Waals surface area contributed by atoms with Crippen LogP contribution in [0.2, 0.25) is 0 Å². The Morgan fingerprint density at radius 3 is 2.61 bits per heavy atom. The molecule has 0 aromatic carbocycles. The molecule has 0 radical (unpaired) electrons. The van der Waals surface area contributed by atoms with Crippen molar-refractivity contribution in [2.75, 3.05) is 13.1 Å². The minimum absolute atomic E-state index is 0.0786. The number of amides is 1. The molecular formula is C18H24N4O4S2. The van der Waals surface area contributed by atoms with Crippen molar-refractivity contribution in [3.8, 4) is 11.4 Å². The van der Waals surface area contributed by atoms with Gasteiger partial charge in [-0.3, -0.25) is 4.79 Å². The summed E-state index contributed by atoms with van der Waals surface area (Å²) in [5.41, 5.74) is 0.631. The molecule has 0 atom stereocenters. The van der Waals surface area contributed by atoms with Crippen molar-refractivity contribution in [2.24, 2.45) is 5.92 Å². The number of carbonyl (C=O) groups excluding carboxylic acids is 1. The molecule has 4 rings (SSSR count). The zero-order valence-corrected chi connectivity index (χ0v) is 17.4. The fraction of sp³-hybridized carbons (Fsp3) is 0.611. The lowest BCUT2D eigenvalue weighted by atomic mass is 9.97. The van der Waals surface area contributed by atoms with Crippen LogP contribution in [0.25, 0.3) is 11.4 Å². The second-order valence-electron chi connectivity index (χ2n) is 7.46. The van der Waals surface area contributed by atoms with Gasteiger partial charge in [0.25, 0.3) is 10.0 Å². The van der Waals surface area contributed by atoms with Crippen LogP contribution in [0.15, 0.2) is 20.2 Å². The maximum Gasteiger partial charge on any atom is 0.252 e. The van der Waals surface area contributed by atoms with Crippen LogP contribution in [0, 0.1) is 12.8 Å². The molecule has 8 nitrogen and oxygen atoms in total. The van der Waals surface area contributed by atoms with Crippen molar-refractivity contribution in [1.29, 1.82) is 0 Å². The fourth-order valence-corrected chi connectivity index (χ4v) is 6.64. The van der Waals surface area contributed by atoms with Gasteiger partial charge in [0.2, 0.25) is 17.6 Å². The molecule has 2 aromatic heterocycles. The Hall–Kier alpha value is -1.78. The summed E-state index contributed by atoms with van der Waals surface area (Å²) in [7, 11) is -3.58. The number of nitrogens with one attached hydrogen (secondary N) is 1. The van der Waals surface area contributed by atoms with Crippen LogP contribution in [0.5, 0.6) is 0 Å². The van der Waals surface area contributed by atoms with Gasteiger partial charge >= 0.3 is 0 Å². The minimum atomic E-state index is -3.58. The molecule has 1 N–H and O–H groups in total. The molecular weight excluding hydrogens is 400 g/mol. The van der Waals surface area contributed by atoms with Gasteiger partial charge in [-0.2, -0.15) is 9.29 Å². The third-order valence-corrected chi connectivity index (χ3v) is 8.80. The number of aryl methyl sites for hydroxylation is 1. The van der Waals surface area contributed by atoms with Crippen LogP contribution in [0.1, 0.15) is 44.4 Å². The highest BCUT2D eigenvalue weighted by Crippen LogP contribution is 2.31. The molecule has 28 heavy (non-hydrogen) atoms. The molecule has 2 fully saturated rings. The van der Waals surface area contributed by atoms with Gasteiger partial charge in [0.1, 0.15) is 4.21 Å². The predicted octanol–water partition coefficient (Wildman–Crippen LogP) is 2.57. The van der Waals surface area contributed by atoms with Crippen molar-refractivity contribution in [3.05, 3.63) is 17.3 Å². The van der Waals surface area contributed by atoms with Crippen molar-refractivity contribution < 1.29 is 17.7 Å². The van der Waals surface area contributed by atoms with E-state index in [9.17, 15) is 13.2 Å². The van der Waals surface area contributed by atoms with Gasteiger partial charge in [0.05, 0.1) is 0 Å². The minimum Gasteiger partial charge on any atom is -0.353 e. The lowest BCUT2D eigenvalue weighted by molar-refractivity contribution is -0.126. The van der Waals surface area contributed by atoms with E-state index in [0.717, 1.165) is 24.2 Å². The molecule has 1 amide bonds. The number of piperidine rings is 1. The number of rotatable bonds is 5. The molecule has 2 aromatic rings. The van der Waals surface area contributed by atoms with Crippen molar-refractivity contribution >= 4 is 27.3 Å². The number of aromatic nitrogens is 2. The van der Waals surface area contributed by atoms with Crippen LogP contribution >= 0.6 is 11.3 Å². The van der Waals surface area contributed by atoms with E-state index in [4.69, 9.17) is 4.52 Å². The molecule has 0 unspecified atom stereocenters. The molecule has 2 aliphatic rings. The normalized spacial score (nSPS) is 19.9. The molecule has 1 aliphatic heterocycles. The van der Waals surface area contributed by atoms with Gasteiger partial charge < -0.3 is 9.84 Å². The molecule has 152 valence electrons. The Bertz CT molecular complexity index is 938. The zero-order chi connectivity index (χ0) is 19.7. The number of hydrogen-bond donors (Lipinski definition) is 1. The Balaban J connectivity index is 1.38. The molecule has 0 spiro atoms. The predicted molar refractivity (Wildman–Crippen MR) is 104 cm³/mol. The summed E-state index contributed by atoms with van der Waals surface area (Å²) in [5.74, 6) is 0.795. The van der Waals surface area contributed by atoms with Crippen LogP contribution in [0.3, 0.4) is 0 Å². The third-order valence-electron chi connectivity index (χ3n) is 5.48. The van der Waals surface area contributed by atoms with Gasteiger partial charge in [0, 0.05) is 42.9 Å². The summed E-state index contributed by atoms with van der Waals surface area (Å²) in [6.45, 7) is 2.41. The number of carbonyl (C=O) groups is 1. The van der Waals surface area contributed by atoms with Gasteiger partial charge in [-0.15, -0.1) is 11.3 Å². The Morgan fingerprint density at radius 2 is 1.96 bits per heavy atom. The number of nitrogens with zero attached hydrogens (tertiary/aromatic N) is 3. The highest BCUT2D eigenvalue weighted by molar-refractivity contribution is 7.91. The van der Waals surface area contributed by atoms with E-state index in [1.165, 1.54) is 17.1 Å². The lowest BCUT2D eigenvalue weighted by Crippen LogP contribution is -2.44. The second kappa shape index (κ2) is 7.92. The first-order valence-corrected chi connectivity index (χ1v) is 12.0. The van der Waals surface area contributed by atoms with Crippen LogP contribution in [-0.4, -0.2) is 47.9 Å². The summed E-state index contributed by atoms with van der Waals surface area (Å²) in [6.07, 6.45) is 5.57. The highest BCUT2D eigenvalue weighted by Gasteiger charge is 2.34. The average Bonchev–Trinajstić information content (AvgIpc) is 3.43. The second-order valence-corrected chi connectivity index (χ2v) is 10.5. The zero-order valence-electron chi connectivity index (χ0n) is 15.8. The van der Waals surface area contributed by atoms with Crippen LogP contribution < -0.4 is 5.32 Å². The molecule has 1 aliphatic carbocycles. The van der Waals surface area contributed by atoms with Gasteiger partial charge in [-0.05, 0) is 31.7 Å². The molecule has 1 saturated carbocycles. The molecule has 1 saturated heterocycles. The van der Waals surface area contributed by atoms with E-state index in [2.05, 4.69) is 15.5 Å². The first-order chi connectivity index (χ1) is 13.4. The number of sulfonamides is 1. The van der Waals surface area contributed by atoms with Crippen molar-refractivity contribution in [3.63, 3.8) is 0 Å². The summed E-state index contributed by atoms with van der Waals surface area (Å²) in [5, 5.41) is 8.68. The van der Waals surface area contributed by atoms with E-state index in [-0.39, 0.29) is 16.0 Å². The first-order valence-electron chi connectivity index (χ1n) is 9.63. The lowest BCUT2D eigenvalue weighted by Gasteiger charge is -2.30. The Kier molecular flexibility index (Phi) is 5.52. The van der Waals surface area contributed by atoms with Crippen LogP contribution in [-0.2, 0) is 14.8 Å². The Morgan fingerprint density at radius 1 is 1.25 bits per heavy atom. The number of thiophene rings is 1. The highest BCUT2D eigenvalue weighted by atomic mass is 32.2. The molecule has 0 bridgehead atoms. The SMILES string of the molecule is Cc1nc(-c2csc(S(=O)(=O)N3CCC(C(=O)NC4CCCC4)CC3)c2)no1. The Labute approximate surface area is 168 Å². The number of hydrogen-bond acceptors (Lipinski definition) is 7. The van der Waals surface area contributed by atoms with E-state index in [1.54, 1.807) is 18.4 Å². The maximum absolute atomic E-state index is 13.0. The third kappa shape index (κ3) is 3.99. The van der Waals surface area contributed by atoms with E-state index >= 15 is 0 Å². The van der Waals surface area contributed by atoms with Crippen molar-refractivity contribution in [1.82, 2.24) is 19.8 Å². The fourth-order valence-electron chi connectivity index (χ4n) is 3.86. The standard InChI is InChI=1S/C18H24N4O4S2/c1-12-19-17(21-26-12)14-10-16(27-11-14)28(24,25)22-8-6-13(7-9-22)18(23)20-15-4-2-3-5-15/h10-11,13,15H,2-9H2,1H3,(H,20,23). The van der Waals surface area contributed by atoms with E-state index in [0.29, 0.717) is 49.3 Å². The first kappa shape index (κ1) is 19.5. The van der Waals surface area contributed by atoms with Gasteiger partial charge in [0.15, 0.2) is 0 Å². The van der Waals surface area contributed by atoms with E-state index < -0.39 is 10.0 Å². The molecule has 3 heterocycles. The summed E-state index contributed by atoms with van der Waals surface area (Å²) < 4.78 is 32.6. The smallest absolute Gasteiger partial charge is 0.252 e. The quantitative estimate of drug-likeness (QED) is 0.791. The van der Waals surface area contributed by atoms with E-state index in [1.807, 2.05) is 0 Å². The van der Waals surface area contributed by atoms with Gasteiger partial charge in [-0.1, -0.05) is 18.0 Å². The topological polar surface area (TPSA) is 105 Å². The summed E-state index contributed by atoms with van der Waals surface area (Å²) in [4.78, 5) is 16.6. The summed E-state index contributed by atoms with van der Waals surface area (Å²) >= 11 is 1.15. The monoisotopic (exact) mass is 424 g/mol. The van der Waals surface area contributed by atoms with Crippen molar-refractivity contribution in [2.45, 2.75) is 55.7 Å². The maximum atomic E-state index is 13.0. The largest absolute Gasteiger partial charge is 0.353 e. The molecule has 10 heteroatoms.